The van der Waals surface area contributed by atoms with Crippen molar-refractivity contribution in [2.75, 3.05) is 5.32 Å². The zero-order valence-electron chi connectivity index (χ0n) is 15.0. The lowest BCUT2D eigenvalue weighted by Crippen LogP contribution is -2.28. The molecule has 0 spiro atoms. The molecule has 1 heterocycles. The Labute approximate surface area is 159 Å². The molecule has 3 rings (SSSR count). The number of aryl methyl sites for hydroxylation is 1. The summed E-state index contributed by atoms with van der Waals surface area (Å²) in [5.74, 6) is -1.02. The van der Waals surface area contributed by atoms with E-state index in [0.29, 0.717) is 5.56 Å². The molecule has 0 atom stereocenters. The van der Waals surface area contributed by atoms with E-state index in [4.69, 9.17) is 0 Å². The average Bonchev–Trinajstić information content (AvgIpc) is 2.95. The SMILES string of the molecule is Cc1ccc(NC(=O)c2ccc(CN3C(=O)CCC3=O)cc2)cc1C(F)(F)F. The highest BCUT2D eigenvalue weighted by Gasteiger charge is 2.32. The maximum Gasteiger partial charge on any atom is 0.416 e. The van der Waals surface area contributed by atoms with Crippen LogP contribution >= 0.6 is 0 Å². The van der Waals surface area contributed by atoms with E-state index >= 15 is 0 Å². The second kappa shape index (κ2) is 7.46. The van der Waals surface area contributed by atoms with Crippen molar-refractivity contribution in [3.8, 4) is 0 Å². The average molecular weight is 390 g/mol. The van der Waals surface area contributed by atoms with Gasteiger partial charge in [0.1, 0.15) is 0 Å². The maximum atomic E-state index is 13.0. The Balaban J connectivity index is 1.70. The number of alkyl halides is 3. The fourth-order valence-corrected chi connectivity index (χ4v) is 2.95. The Kier molecular flexibility index (Phi) is 5.22. The number of imide groups is 1. The smallest absolute Gasteiger partial charge is 0.322 e. The fourth-order valence-electron chi connectivity index (χ4n) is 2.95. The normalized spacial score (nSPS) is 14.5. The first-order valence-electron chi connectivity index (χ1n) is 8.56. The quantitative estimate of drug-likeness (QED) is 0.805. The third-order valence-electron chi connectivity index (χ3n) is 4.51. The second-order valence-corrected chi connectivity index (χ2v) is 6.55. The lowest BCUT2D eigenvalue weighted by atomic mass is 10.1. The molecule has 28 heavy (non-hydrogen) atoms. The summed E-state index contributed by atoms with van der Waals surface area (Å²) >= 11 is 0. The van der Waals surface area contributed by atoms with Gasteiger partial charge in [-0.2, -0.15) is 13.2 Å². The van der Waals surface area contributed by atoms with Gasteiger partial charge in [0, 0.05) is 24.1 Å². The first-order chi connectivity index (χ1) is 13.1. The van der Waals surface area contributed by atoms with Gasteiger partial charge >= 0.3 is 6.18 Å². The van der Waals surface area contributed by atoms with Gasteiger partial charge in [0.25, 0.3) is 5.91 Å². The van der Waals surface area contributed by atoms with Crippen LogP contribution in [0.15, 0.2) is 42.5 Å². The third kappa shape index (κ3) is 4.21. The first-order valence-corrected chi connectivity index (χ1v) is 8.56. The molecular weight excluding hydrogens is 373 g/mol. The van der Waals surface area contributed by atoms with Crippen LogP contribution in [-0.2, 0) is 22.3 Å². The molecule has 146 valence electrons. The van der Waals surface area contributed by atoms with Gasteiger partial charge in [0.05, 0.1) is 12.1 Å². The summed E-state index contributed by atoms with van der Waals surface area (Å²) < 4.78 is 39.0. The Morgan fingerprint density at radius 2 is 1.64 bits per heavy atom. The van der Waals surface area contributed by atoms with Crippen molar-refractivity contribution in [2.24, 2.45) is 0 Å². The van der Waals surface area contributed by atoms with Gasteiger partial charge in [0.15, 0.2) is 0 Å². The monoisotopic (exact) mass is 390 g/mol. The molecule has 0 radical (unpaired) electrons. The number of benzene rings is 2. The number of hydrogen-bond acceptors (Lipinski definition) is 3. The molecule has 0 unspecified atom stereocenters. The summed E-state index contributed by atoms with van der Waals surface area (Å²) in [7, 11) is 0. The van der Waals surface area contributed by atoms with Crippen LogP contribution in [0.3, 0.4) is 0 Å². The van der Waals surface area contributed by atoms with Crippen molar-refractivity contribution in [1.82, 2.24) is 4.90 Å². The van der Waals surface area contributed by atoms with Crippen molar-refractivity contribution in [2.45, 2.75) is 32.5 Å². The van der Waals surface area contributed by atoms with E-state index in [1.165, 1.54) is 36.1 Å². The zero-order chi connectivity index (χ0) is 20.5. The number of likely N-dealkylation sites (tertiary alicyclic amines) is 1. The summed E-state index contributed by atoms with van der Waals surface area (Å²) in [4.78, 5) is 36.8. The van der Waals surface area contributed by atoms with E-state index in [-0.39, 0.29) is 48.0 Å². The van der Waals surface area contributed by atoms with Crippen LogP contribution < -0.4 is 5.32 Å². The molecule has 5 nitrogen and oxygen atoms in total. The van der Waals surface area contributed by atoms with Crippen molar-refractivity contribution in [3.05, 3.63) is 64.7 Å². The number of anilines is 1. The van der Waals surface area contributed by atoms with Crippen LogP contribution in [0.25, 0.3) is 0 Å². The highest BCUT2D eigenvalue weighted by molar-refractivity contribution is 6.04. The Morgan fingerprint density at radius 1 is 1.04 bits per heavy atom. The molecule has 8 heteroatoms. The van der Waals surface area contributed by atoms with Gasteiger partial charge in [0.2, 0.25) is 11.8 Å². The van der Waals surface area contributed by atoms with E-state index in [1.807, 2.05) is 0 Å². The Bertz CT molecular complexity index is 921. The number of hydrogen-bond donors (Lipinski definition) is 1. The van der Waals surface area contributed by atoms with E-state index in [0.717, 1.165) is 6.07 Å². The number of nitrogens with zero attached hydrogens (tertiary/aromatic N) is 1. The summed E-state index contributed by atoms with van der Waals surface area (Å²) in [6, 6.07) is 9.79. The molecule has 1 N–H and O–H groups in total. The van der Waals surface area contributed by atoms with Gasteiger partial charge in [-0.25, -0.2) is 0 Å². The predicted molar refractivity (Wildman–Crippen MR) is 95.4 cm³/mol. The Hall–Kier alpha value is -3.16. The molecule has 1 aliphatic rings. The molecule has 2 aromatic rings. The summed E-state index contributed by atoms with van der Waals surface area (Å²) in [5, 5.41) is 2.45. The highest BCUT2D eigenvalue weighted by atomic mass is 19.4. The number of nitrogens with one attached hydrogen (secondary N) is 1. The van der Waals surface area contributed by atoms with Crippen LogP contribution in [0.4, 0.5) is 18.9 Å². The molecule has 1 aliphatic heterocycles. The molecule has 1 saturated heterocycles. The lowest BCUT2D eigenvalue weighted by Gasteiger charge is -2.14. The molecule has 0 saturated carbocycles. The van der Waals surface area contributed by atoms with Gasteiger partial charge in [-0.3, -0.25) is 19.3 Å². The van der Waals surface area contributed by atoms with Crippen LogP contribution in [-0.4, -0.2) is 22.6 Å². The van der Waals surface area contributed by atoms with Crippen LogP contribution in [0.1, 0.15) is 39.9 Å². The molecule has 1 fully saturated rings. The minimum Gasteiger partial charge on any atom is -0.322 e. The predicted octanol–water partition coefficient (Wildman–Crippen LogP) is 3.92. The first kappa shape index (κ1) is 19.6. The van der Waals surface area contributed by atoms with Crippen molar-refractivity contribution in [3.63, 3.8) is 0 Å². The Morgan fingerprint density at radius 3 is 2.21 bits per heavy atom. The molecular formula is C20H17F3N2O3. The third-order valence-corrected chi connectivity index (χ3v) is 4.51. The molecule has 3 amide bonds. The van der Waals surface area contributed by atoms with E-state index in [1.54, 1.807) is 12.1 Å². The number of carbonyl (C=O) groups excluding carboxylic acids is 3. The largest absolute Gasteiger partial charge is 0.416 e. The zero-order valence-corrected chi connectivity index (χ0v) is 15.0. The number of carbonyl (C=O) groups is 3. The minimum absolute atomic E-state index is 0.0419. The lowest BCUT2D eigenvalue weighted by molar-refractivity contribution is -0.139. The van der Waals surface area contributed by atoms with Gasteiger partial charge < -0.3 is 5.32 Å². The number of rotatable bonds is 4. The fraction of sp³-hybridized carbons (Fsp3) is 0.250. The van der Waals surface area contributed by atoms with Crippen LogP contribution in [0.2, 0.25) is 0 Å². The summed E-state index contributed by atoms with van der Waals surface area (Å²) in [5.41, 5.74) is 0.230. The van der Waals surface area contributed by atoms with Gasteiger partial charge in [-0.15, -0.1) is 0 Å². The van der Waals surface area contributed by atoms with E-state index in [9.17, 15) is 27.6 Å². The second-order valence-electron chi connectivity index (χ2n) is 6.55. The maximum absolute atomic E-state index is 13.0. The summed E-state index contributed by atoms with van der Waals surface area (Å²) in [6.07, 6.45) is -4.09. The molecule has 0 bridgehead atoms. The topological polar surface area (TPSA) is 66.5 Å². The van der Waals surface area contributed by atoms with Gasteiger partial charge in [-0.05, 0) is 42.3 Å². The molecule has 0 aliphatic carbocycles. The van der Waals surface area contributed by atoms with E-state index in [2.05, 4.69) is 5.32 Å². The van der Waals surface area contributed by atoms with Crippen molar-refractivity contribution < 1.29 is 27.6 Å². The van der Waals surface area contributed by atoms with Gasteiger partial charge in [-0.1, -0.05) is 18.2 Å². The minimum atomic E-state index is -4.50. The highest BCUT2D eigenvalue weighted by Crippen LogP contribution is 2.33. The number of amides is 3. The van der Waals surface area contributed by atoms with Crippen molar-refractivity contribution >= 4 is 23.4 Å². The van der Waals surface area contributed by atoms with Crippen LogP contribution in [0.5, 0.6) is 0 Å². The van der Waals surface area contributed by atoms with E-state index < -0.39 is 17.6 Å². The molecule has 2 aromatic carbocycles. The number of halogens is 3. The standard InChI is InChI=1S/C20H17F3N2O3/c1-12-2-7-15(10-16(12)20(21,22)23)24-19(28)14-5-3-13(4-6-14)11-25-17(26)8-9-18(25)27/h2-7,10H,8-9,11H2,1H3,(H,24,28). The van der Waals surface area contributed by atoms with Crippen LogP contribution in [0, 0.1) is 6.92 Å². The molecule has 0 aromatic heterocycles. The van der Waals surface area contributed by atoms with Crippen molar-refractivity contribution in [1.29, 1.82) is 0 Å². The summed E-state index contributed by atoms with van der Waals surface area (Å²) in [6.45, 7) is 1.48.